The van der Waals surface area contributed by atoms with Crippen molar-refractivity contribution in [1.29, 1.82) is 0 Å². The average Bonchev–Trinajstić information content (AvgIpc) is 2.73. The second-order valence-electron chi connectivity index (χ2n) is 6.10. The normalized spacial score (nSPS) is 42.2. The van der Waals surface area contributed by atoms with Crippen molar-refractivity contribution in [2.24, 2.45) is 0 Å². The van der Waals surface area contributed by atoms with Crippen molar-refractivity contribution in [1.82, 2.24) is 0 Å². The predicted octanol–water partition coefficient (Wildman–Crippen LogP) is 1.59. The van der Waals surface area contributed by atoms with Gasteiger partial charge >= 0.3 is 0 Å². The monoisotopic (exact) mass is 272 g/mol. The summed E-state index contributed by atoms with van der Waals surface area (Å²) in [5.41, 5.74) is 0. The third-order valence-corrected chi connectivity index (χ3v) is 3.42. The van der Waals surface area contributed by atoms with Crippen molar-refractivity contribution >= 4 is 0 Å². The molecule has 0 aromatic heterocycles. The third kappa shape index (κ3) is 3.01. The van der Waals surface area contributed by atoms with Gasteiger partial charge in [0.05, 0.1) is 6.10 Å². The lowest BCUT2D eigenvalue weighted by molar-refractivity contribution is -0.175. The minimum absolute atomic E-state index is 0.128. The lowest BCUT2D eigenvalue weighted by Crippen LogP contribution is -2.45. The first kappa shape index (κ1) is 14.9. The molecule has 1 N–H and O–H groups in total. The fourth-order valence-electron chi connectivity index (χ4n) is 2.77. The van der Waals surface area contributed by atoms with Crippen molar-refractivity contribution in [2.45, 2.75) is 76.7 Å². The largest absolute Gasteiger partial charge is 0.386 e. The van der Waals surface area contributed by atoms with Gasteiger partial charge in [0.15, 0.2) is 11.6 Å². The molecule has 0 spiro atoms. The average molecular weight is 272 g/mol. The Bertz CT molecular complexity index is 352. The van der Waals surface area contributed by atoms with E-state index >= 15 is 0 Å². The molecule has 5 heteroatoms. The van der Waals surface area contributed by atoms with Crippen LogP contribution in [0.25, 0.3) is 0 Å². The van der Waals surface area contributed by atoms with E-state index in [0.29, 0.717) is 0 Å². The Morgan fingerprint density at radius 2 is 1.53 bits per heavy atom. The van der Waals surface area contributed by atoms with Crippen LogP contribution in [0, 0.1) is 0 Å². The van der Waals surface area contributed by atoms with Crippen molar-refractivity contribution in [3.05, 3.63) is 12.7 Å². The van der Waals surface area contributed by atoms with Crippen LogP contribution in [0.15, 0.2) is 12.7 Å². The van der Waals surface area contributed by atoms with Crippen LogP contribution in [0.3, 0.4) is 0 Å². The van der Waals surface area contributed by atoms with Crippen LogP contribution < -0.4 is 0 Å². The molecule has 0 bridgehead atoms. The van der Waals surface area contributed by atoms with E-state index in [1.165, 1.54) is 6.08 Å². The van der Waals surface area contributed by atoms with Gasteiger partial charge in [-0.25, -0.2) is 0 Å². The third-order valence-electron chi connectivity index (χ3n) is 3.42. The second kappa shape index (κ2) is 4.82. The first-order valence-electron chi connectivity index (χ1n) is 6.67. The molecule has 2 rings (SSSR count). The molecule has 0 radical (unpaired) electrons. The van der Waals surface area contributed by atoms with E-state index in [9.17, 15) is 5.11 Å². The van der Waals surface area contributed by atoms with Gasteiger partial charge in [0, 0.05) is 0 Å². The molecule has 19 heavy (non-hydrogen) atoms. The Balaban J connectivity index is 2.19. The number of hydrogen-bond donors (Lipinski definition) is 1. The van der Waals surface area contributed by atoms with E-state index in [4.69, 9.17) is 18.9 Å². The smallest absolute Gasteiger partial charge is 0.164 e. The van der Waals surface area contributed by atoms with Gasteiger partial charge in [-0.2, -0.15) is 0 Å². The lowest BCUT2D eigenvalue weighted by atomic mass is 10.00. The van der Waals surface area contributed by atoms with Crippen molar-refractivity contribution in [2.75, 3.05) is 0 Å². The maximum absolute atomic E-state index is 10.0. The van der Waals surface area contributed by atoms with Crippen LogP contribution in [0.2, 0.25) is 0 Å². The molecular formula is C14H24O5. The summed E-state index contributed by atoms with van der Waals surface area (Å²) < 4.78 is 23.3. The van der Waals surface area contributed by atoms with Crippen LogP contribution in [-0.4, -0.2) is 47.2 Å². The molecule has 0 aromatic rings. The minimum Gasteiger partial charge on any atom is -0.386 e. The maximum Gasteiger partial charge on any atom is 0.164 e. The molecule has 2 fully saturated rings. The molecule has 0 aliphatic carbocycles. The van der Waals surface area contributed by atoms with E-state index < -0.39 is 23.8 Å². The summed E-state index contributed by atoms with van der Waals surface area (Å²) in [7, 11) is 0. The van der Waals surface area contributed by atoms with Gasteiger partial charge in [-0.05, 0) is 34.6 Å². The quantitative estimate of drug-likeness (QED) is 0.791. The zero-order valence-electron chi connectivity index (χ0n) is 12.3. The topological polar surface area (TPSA) is 57.2 Å². The van der Waals surface area contributed by atoms with E-state index in [1.54, 1.807) is 0 Å². The Hall–Kier alpha value is -0.460. The number of rotatable bonds is 3. The summed E-state index contributed by atoms with van der Waals surface area (Å²) in [4.78, 5) is 0. The minimum atomic E-state index is -0.800. The van der Waals surface area contributed by atoms with Gasteiger partial charge in [-0.3, -0.25) is 0 Å². The highest BCUT2D eigenvalue weighted by Gasteiger charge is 2.53. The summed E-state index contributed by atoms with van der Waals surface area (Å²) in [5, 5.41) is 10.0. The second-order valence-corrected chi connectivity index (χ2v) is 6.10. The van der Waals surface area contributed by atoms with E-state index in [-0.39, 0.29) is 18.3 Å². The highest BCUT2D eigenvalue weighted by atomic mass is 16.8. The van der Waals surface area contributed by atoms with Crippen LogP contribution in [0.4, 0.5) is 0 Å². The zero-order valence-corrected chi connectivity index (χ0v) is 12.3. The molecule has 2 aliphatic rings. The van der Waals surface area contributed by atoms with Gasteiger partial charge < -0.3 is 24.1 Å². The number of aliphatic hydroxyl groups excluding tert-OH is 1. The number of aliphatic hydroxyl groups is 1. The highest BCUT2D eigenvalue weighted by Crippen LogP contribution is 2.39. The Kier molecular flexibility index (Phi) is 3.79. The predicted molar refractivity (Wildman–Crippen MR) is 69.5 cm³/mol. The first-order chi connectivity index (χ1) is 8.65. The van der Waals surface area contributed by atoms with Crippen molar-refractivity contribution in [3.8, 4) is 0 Å². The van der Waals surface area contributed by atoms with Crippen molar-refractivity contribution in [3.63, 3.8) is 0 Å². The van der Waals surface area contributed by atoms with E-state index in [1.807, 2.05) is 34.6 Å². The molecule has 0 unspecified atom stereocenters. The fourth-order valence-corrected chi connectivity index (χ4v) is 2.77. The molecule has 5 atom stereocenters. The molecule has 2 aliphatic heterocycles. The SMILES string of the molecule is C=C[C@@H](O)[C@@H]1OC(C)(C)O[C@H]1[C@@H]1OC(C)(C)O[C@@H]1C. The van der Waals surface area contributed by atoms with Gasteiger partial charge in [-0.15, -0.1) is 6.58 Å². The summed E-state index contributed by atoms with van der Waals surface area (Å²) in [6, 6.07) is 0. The molecule has 0 aromatic carbocycles. The summed E-state index contributed by atoms with van der Waals surface area (Å²) in [6.45, 7) is 12.9. The summed E-state index contributed by atoms with van der Waals surface area (Å²) in [6.07, 6.45) is -0.648. The van der Waals surface area contributed by atoms with Gasteiger partial charge in [0.25, 0.3) is 0 Å². The van der Waals surface area contributed by atoms with E-state index in [0.717, 1.165) is 0 Å². The van der Waals surface area contributed by atoms with Gasteiger partial charge in [0.2, 0.25) is 0 Å². The standard InChI is InChI=1S/C14H24O5/c1-7-9(15)11-12(19-14(5,6)18-11)10-8(2)16-13(3,4)17-10/h7-12,15H,1H2,2-6H3/t8-,9-,10-,11+,12+/m1/s1. The Morgan fingerprint density at radius 1 is 1.00 bits per heavy atom. The Labute approximate surface area is 114 Å². The number of hydrogen-bond acceptors (Lipinski definition) is 5. The van der Waals surface area contributed by atoms with Crippen LogP contribution in [0.1, 0.15) is 34.6 Å². The van der Waals surface area contributed by atoms with Crippen molar-refractivity contribution < 1.29 is 24.1 Å². The van der Waals surface area contributed by atoms with Crippen LogP contribution in [0.5, 0.6) is 0 Å². The zero-order chi connectivity index (χ0) is 14.4. The van der Waals surface area contributed by atoms with Crippen LogP contribution in [-0.2, 0) is 18.9 Å². The van der Waals surface area contributed by atoms with Crippen LogP contribution >= 0.6 is 0 Å². The molecule has 2 saturated heterocycles. The van der Waals surface area contributed by atoms with E-state index in [2.05, 4.69) is 6.58 Å². The Morgan fingerprint density at radius 3 is 2.00 bits per heavy atom. The fraction of sp³-hybridized carbons (Fsp3) is 0.857. The first-order valence-corrected chi connectivity index (χ1v) is 6.67. The molecule has 5 nitrogen and oxygen atoms in total. The summed E-state index contributed by atoms with van der Waals surface area (Å²) in [5.74, 6) is -1.40. The van der Waals surface area contributed by atoms with Gasteiger partial charge in [0.1, 0.15) is 24.4 Å². The molecular weight excluding hydrogens is 248 g/mol. The molecule has 0 saturated carbocycles. The molecule has 2 heterocycles. The van der Waals surface area contributed by atoms with Gasteiger partial charge in [-0.1, -0.05) is 6.08 Å². The molecule has 0 amide bonds. The highest BCUT2D eigenvalue weighted by molar-refractivity contribution is 5.00. The molecule has 110 valence electrons. The summed E-state index contributed by atoms with van der Waals surface area (Å²) >= 11 is 0. The maximum atomic E-state index is 10.0. The number of ether oxygens (including phenoxy) is 4. The lowest BCUT2D eigenvalue weighted by Gasteiger charge is -2.26.